The predicted molar refractivity (Wildman–Crippen MR) is 72.7 cm³/mol. The summed E-state index contributed by atoms with van der Waals surface area (Å²) in [5, 5.41) is 1.40. The van der Waals surface area contributed by atoms with E-state index >= 15 is 0 Å². The van der Waals surface area contributed by atoms with E-state index in [0.717, 1.165) is 0 Å². The Hall–Kier alpha value is -0.386. The lowest BCUT2D eigenvalue weighted by Crippen LogP contribution is -2.51. The Bertz CT molecular complexity index is 322. The van der Waals surface area contributed by atoms with E-state index in [4.69, 9.17) is 4.12 Å². The van der Waals surface area contributed by atoms with Crippen molar-refractivity contribution in [2.24, 2.45) is 0 Å². The molecule has 0 fully saturated rings. The molecule has 0 heterocycles. The van der Waals surface area contributed by atoms with Crippen LogP contribution in [0, 0.1) is 6.92 Å². The van der Waals surface area contributed by atoms with E-state index in [0.29, 0.717) is 0 Å². The summed E-state index contributed by atoms with van der Waals surface area (Å²) < 4.78 is 6.33. The molecule has 0 saturated heterocycles. The van der Waals surface area contributed by atoms with Gasteiger partial charge in [0.25, 0.3) is 0 Å². The number of rotatable bonds is 3. The van der Waals surface area contributed by atoms with Crippen molar-refractivity contribution in [3.63, 3.8) is 0 Å². The smallest absolute Gasteiger partial charge is 0.205 e. The van der Waals surface area contributed by atoms with Gasteiger partial charge in [0.1, 0.15) is 0 Å². The van der Waals surface area contributed by atoms with Gasteiger partial charge in [-0.1, -0.05) is 29.8 Å². The molecule has 0 aromatic heterocycles. The van der Waals surface area contributed by atoms with Crippen LogP contribution in [0.4, 0.5) is 0 Å². The predicted octanol–water partition coefficient (Wildman–Crippen LogP) is 3.26. The molecule has 0 aliphatic carbocycles. The molecule has 0 unspecified atom stereocenters. The Morgan fingerprint density at radius 1 is 0.867 bits per heavy atom. The molecule has 0 atom stereocenters. The Morgan fingerprint density at radius 3 is 1.73 bits per heavy atom. The first-order valence-electron chi connectivity index (χ1n) is 5.48. The summed E-state index contributed by atoms with van der Waals surface area (Å²) >= 11 is 0. The molecule has 1 aromatic carbocycles. The topological polar surface area (TPSA) is 9.23 Å². The zero-order chi connectivity index (χ0) is 11.7. The maximum Gasteiger partial charge on any atom is 0.205 e. The van der Waals surface area contributed by atoms with Crippen LogP contribution in [0.15, 0.2) is 24.3 Å². The van der Waals surface area contributed by atoms with Crippen LogP contribution in [0.5, 0.6) is 0 Å². The van der Waals surface area contributed by atoms with E-state index in [-0.39, 0.29) is 0 Å². The summed E-state index contributed by atoms with van der Waals surface area (Å²) in [5.74, 6) is 0. The highest BCUT2D eigenvalue weighted by Crippen LogP contribution is 2.14. The minimum absolute atomic E-state index is 1.32. The molecular formula is C12H22OSi2. The van der Waals surface area contributed by atoms with Gasteiger partial charge in [0.15, 0.2) is 8.32 Å². The van der Waals surface area contributed by atoms with Gasteiger partial charge in [-0.15, -0.1) is 0 Å². The lowest BCUT2D eigenvalue weighted by atomic mass is 10.2. The zero-order valence-electron chi connectivity index (χ0n) is 10.7. The van der Waals surface area contributed by atoms with Gasteiger partial charge in [0.05, 0.1) is 0 Å². The van der Waals surface area contributed by atoms with Gasteiger partial charge in [0.2, 0.25) is 8.32 Å². The first-order valence-corrected chi connectivity index (χ1v) is 11.8. The molecule has 3 heteroatoms. The van der Waals surface area contributed by atoms with Crippen molar-refractivity contribution < 1.29 is 4.12 Å². The standard InChI is InChI=1S/C12H22OSi2/c1-11-7-9-12(10-8-11)15(5,6)13-14(2,3)4/h7-10H,1-6H3. The SMILES string of the molecule is Cc1ccc([Si](C)(C)O[Si](C)(C)C)cc1. The Labute approximate surface area is 95.7 Å². The quantitative estimate of drug-likeness (QED) is 0.735. The van der Waals surface area contributed by atoms with Crippen LogP contribution in [-0.2, 0) is 4.12 Å². The van der Waals surface area contributed by atoms with Crippen molar-refractivity contribution in [1.82, 2.24) is 0 Å². The second-order valence-corrected chi connectivity index (χ2v) is 14.2. The highest BCUT2D eigenvalue weighted by atomic mass is 28.4. The molecule has 0 aliphatic heterocycles. The van der Waals surface area contributed by atoms with Crippen LogP contribution in [0.25, 0.3) is 0 Å². The summed E-state index contributed by atoms with van der Waals surface area (Å²) in [4.78, 5) is 0. The molecule has 1 nitrogen and oxygen atoms in total. The maximum absolute atomic E-state index is 6.33. The van der Waals surface area contributed by atoms with E-state index in [1.165, 1.54) is 10.8 Å². The summed E-state index contributed by atoms with van der Waals surface area (Å²) in [5.41, 5.74) is 1.32. The molecule has 0 bridgehead atoms. The van der Waals surface area contributed by atoms with Crippen molar-refractivity contribution in [1.29, 1.82) is 0 Å². The molecule has 0 aliphatic rings. The van der Waals surface area contributed by atoms with Gasteiger partial charge in [-0.25, -0.2) is 0 Å². The monoisotopic (exact) mass is 238 g/mol. The molecule has 0 N–H and O–H groups in total. The van der Waals surface area contributed by atoms with Crippen LogP contribution < -0.4 is 5.19 Å². The molecule has 1 rings (SSSR count). The maximum atomic E-state index is 6.33. The van der Waals surface area contributed by atoms with E-state index < -0.39 is 16.6 Å². The first kappa shape index (κ1) is 12.7. The van der Waals surface area contributed by atoms with Gasteiger partial charge < -0.3 is 4.12 Å². The lowest BCUT2D eigenvalue weighted by molar-refractivity contribution is 0.566. The Morgan fingerprint density at radius 2 is 1.33 bits per heavy atom. The molecule has 1 aromatic rings. The second-order valence-electron chi connectivity index (χ2n) is 5.59. The van der Waals surface area contributed by atoms with E-state index in [2.05, 4.69) is 63.9 Å². The molecule has 15 heavy (non-hydrogen) atoms. The summed E-state index contributed by atoms with van der Waals surface area (Å²) in [6.07, 6.45) is 0. The number of aryl methyl sites for hydroxylation is 1. The highest BCUT2D eigenvalue weighted by Gasteiger charge is 2.31. The van der Waals surface area contributed by atoms with Crippen LogP contribution in [0.3, 0.4) is 0 Å². The minimum Gasteiger partial charge on any atom is -0.452 e. The van der Waals surface area contributed by atoms with Gasteiger partial charge in [-0.05, 0) is 44.8 Å². The summed E-state index contributed by atoms with van der Waals surface area (Å²) in [6.45, 7) is 13.5. The normalized spacial score (nSPS) is 12.9. The second kappa shape index (κ2) is 4.24. The van der Waals surface area contributed by atoms with Gasteiger partial charge in [0, 0.05) is 0 Å². The zero-order valence-corrected chi connectivity index (χ0v) is 12.7. The van der Waals surface area contributed by atoms with Crippen molar-refractivity contribution in [2.45, 2.75) is 39.7 Å². The van der Waals surface area contributed by atoms with Gasteiger partial charge in [-0.2, -0.15) is 0 Å². The third-order valence-electron chi connectivity index (χ3n) is 2.31. The third-order valence-corrected chi connectivity index (χ3v) is 8.52. The first-order chi connectivity index (χ1) is 6.71. The van der Waals surface area contributed by atoms with Crippen LogP contribution in [0.1, 0.15) is 5.56 Å². The average molecular weight is 238 g/mol. The summed E-state index contributed by atoms with van der Waals surface area (Å²) in [6, 6.07) is 8.80. The fraction of sp³-hybridized carbons (Fsp3) is 0.500. The van der Waals surface area contributed by atoms with E-state index in [9.17, 15) is 0 Å². The number of hydrogen-bond acceptors (Lipinski definition) is 1. The number of benzene rings is 1. The van der Waals surface area contributed by atoms with Gasteiger partial charge in [-0.3, -0.25) is 0 Å². The molecule has 0 radical (unpaired) electrons. The Balaban J connectivity index is 2.90. The Kier molecular flexibility index (Phi) is 3.58. The highest BCUT2D eigenvalue weighted by molar-refractivity contribution is 6.92. The fourth-order valence-electron chi connectivity index (χ4n) is 1.78. The van der Waals surface area contributed by atoms with Crippen LogP contribution in [0.2, 0.25) is 32.7 Å². The van der Waals surface area contributed by atoms with Crippen molar-refractivity contribution in [3.8, 4) is 0 Å². The molecule has 0 amide bonds. The largest absolute Gasteiger partial charge is 0.452 e. The number of hydrogen-bond donors (Lipinski definition) is 0. The molecule has 0 spiro atoms. The van der Waals surface area contributed by atoms with Crippen molar-refractivity contribution in [2.75, 3.05) is 0 Å². The van der Waals surface area contributed by atoms with Crippen molar-refractivity contribution in [3.05, 3.63) is 29.8 Å². The van der Waals surface area contributed by atoms with Crippen molar-refractivity contribution >= 4 is 21.8 Å². The van der Waals surface area contributed by atoms with E-state index in [1.807, 2.05) is 0 Å². The van der Waals surface area contributed by atoms with Crippen LogP contribution in [-0.4, -0.2) is 16.6 Å². The average Bonchev–Trinajstić information content (AvgIpc) is 2.00. The van der Waals surface area contributed by atoms with E-state index in [1.54, 1.807) is 0 Å². The molecular weight excluding hydrogens is 216 g/mol. The van der Waals surface area contributed by atoms with Crippen LogP contribution >= 0.6 is 0 Å². The minimum atomic E-state index is -1.68. The van der Waals surface area contributed by atoms with Gasteiger partial charge >= 0.3 is 0 Å². The third kappa shape index (κ3) is 3.93. The molecule has 84 valence electrons. The fourth-order valence-corrected chi connectivity index (χ4v) is 9.34. The summed E-state index contributed by atoms with van der Waals surface area (Å²) in [7, 11) is -3.10. The lowest BCUT2D eigenvalue weighted by Gasteiger charge is -2.31. The molecule has 0 saturated carbocycles.